The highest BCUT2D eigenvalue weighted by Gasteiger charge is 2.22. The number of aromatic nitrogens is 3. The average molecular weight is 453 g/mol. The summed E-state index contributed by atoms with van der Waals surface area (Å²) in [6.07, 6.45) is 0.886. The lowest BCUT2D eigenvalue weighted by molar-refractivity contribution is -0.119. The van der Waals surface area contributed by atoms with Crippen LogP contribution >= 0.6 is 11.8 Å². The number of nitrogens with zero attached hydrogens (tertiary/aromatic N) is 4. The molecule has 0 aliphatic rings. The van der Waals surface area contributed by atoms with E-state index in [9.17, 15) is 9.59 Å². The van der Waals surface area contributed by atoms with Crippen molar-refractivity contribution in [2.24, 2.45) is 0 Å². The normalized spacial score (nSPS) is 11.9. The van der Waals surface area contributed by atoms with E-state index in [1.165, 1.54) is 11.8 Å². The molecule has 8 nitrogen and oxygen atoms in total. The summed E-state index contributed by atoms with van der Waals surface area (Å²) < 4.78 is 2.06. The quantitative estimate of drug-likeness (QED) is 0.383. The van der Waals surface area contributed by atoms with E-state index >= 15 is 0 Å². The fourth-order valence-electron chi connectivity index (χ4n) is 3.30. The summed E-state index contributed by atoms with van der Waals surface area (Å²) in [7, 11) is 4.04. The molecule has 0 radical (unpaired) electrons. The van der Waals surface area contributed by atoms with Gasteiger partial charge in [0, 0.05) is 5.56 Å². The van der Waals surface area contributed by atoms with Crippen LogP contribution in [-0.2, 0) is 11.3 Å². The fourth-order valence-corrected chi connectivity index (χ4v) is 4.05. The van der Waals surface area contributed by atoms with Gasteiger partial charge in [0.2, 0.25) is 5.91 Å². The van der Waals surface area contributed by atoms with Crippen molar-refractivity contribution >= 4 is 23.6 Å². The van der Waals surface area contributed by atoms with Crippen LogP contribution in [0.1, 0.15) is 41.1 Å². The number of hydrogen-bond acceptors (Lipinski definition) is 6. The van der Waals surface area contributed by atoms with Crippen LogP contribution < -0.4 is 10.9 Å². The van der Waals surface area contributed by atoms with E-state index in [-0.39, 0.29) is 23.6 Å². The molecule has 1 heterocycles. The van der Waals surface area contributed by atoms with E-state index in [4.69, 9.17) is 0 Å². The molecule has 2 N–H and O–H groups in total. The molecule has 2 amide bonds. The Morgan fingerprint density at radius 2 is 1.66 bits per heavy atom. The van der Waals surface area contributed by atoms with Gasteiger partial charge >= 0.3 is 0 Å². The Labute approximate surface area is 192 Å². The van der Waals surface area contributed by atoms with Crippen LogP contribution in [0.2, 0.25) is 0 Å². The minimum Gasteiger partial charge on any atom is -0.300 e. The molecular formula is C23H28N6O2S. The van der Waals surface area contributed by atoms with Crippen molar-refractivity contribution in [1.82, 2.24) is 30.5 Å². The largest absolute Gasteiger partial charge is 0.300 e. The van der Waals surface area contributed by atoms with Crippen LogP contribution in [0.25, 0.3) is 0 Å². The third-order valence-corrected chi connectivity index (χ3v) is 5.89. The van der Waals surface area contributed by atoms with Crippen LogP contribution in [0.15, 0.2) is 65.8 Å². The second-order valence-corrected chi connectivity index (χ2v) is 8.40. The van der Waals surface area contributed by atoms with E-state index in [1.807, 2.05) is 38.4 Å². The Balaban J connectivity index is 1.67. The third-order valence-electron chi connectivity index (χ3n) is 4.92. The maximum absolute atomic E-state index is 12.3. The van der Waals surface area contributed by atoms with Crippen molar-refractivity contribution in [2.45, 2.75) is 31.1 Å². The van der Waals surface area contributed by atoms with Gasteiger partial charge in [-0.3, -0.25) is 25.3 Å². The highest BCUT2D eigenvalue weighted by atomic mass is 32.2. The first-order valence-corrected chi connectivity index (χ1v) is 11.4. The van der Waals surface area contributed by atoms with Gasteiger partial charge in [-0.15, -0.1) is 10.2 Å². The molecule has 0 saturated carbocycles. The lowest BCUT2D eigenvalue weighted by Crippen LogP contribution is -2.42. The Hall–Kier alpha value is -3.17. The summed E-state index contributed by atoms with van der Waals surface area (Å²) in [5.74, 6) is 0.271. The fraction of sp³-hybridized carbons (Fsp3) is 0.304. The summed E-state index contributed by atoms with van der Waals surface area (Å²) in [6, 6.07) is 18.9. The van der Waals surface area contributed by atoms with Crippen molar-refractivity contribution in [1.29, 1.82) is 0 Å². The van der Waals surface area contributed by atoms with Crippen LogP contribution in [-0.4, -0.2) is 51.3 Å². The maximum Gasteiger partial charge on any atom is 0.269 e. The minimum absolute atomic E-state index is 0.0980. The van der Waals surface area contributed by atoms with Gasteiger partial charge in [0.15, 0.2) is 11.0 Å². The Bertz CT molecular complexity index is 1020. The number of carbonyl (C=O) groups excluding carboxylic acids is 2. The monoisotopic (exact) mass is 452 g/mol. The van der Waals surface area contributed by atoms with Crippen LogP contribution in [0.3, 0.4) is 0 Å². The number of benzene rings is 2. The smallest absolute Gasteiger partial charge is 0.269 e. The first-order valence-electron chi connectivity index (χ1n) is 10.4. The zero-order valence-electron chi connectivity index (χ0n) is 18.5. The molecule has 0 fully saturated rings. The van der Waals surface area contributed by atoms with Gasteiger partial charge in [0.1, 0.15) is 0 Å². The van der Waals surface area contributed by atoms with Gasteiger partial charge < -0.3 is 4.57 Å². The SMILES string of the molecule is CC[C@H](c1nnc(SCC(=O)NNC(=O)c2ccccc2)n1Cc1ccccc1)N(C)C. The first-order chi connectivity index (χ1) is 15.5. The number of hydrazine groups is 1. The lowest BCUT2D eigenvalue weighted by Gasteiger charge is -2.23. The van der Waals surface area contributed by atoms with Gasteiger partial charge in [0.25, 0.3) is 5.91 Å². The predicted molar refractivity (Wildman–Crippen MR) is 125 cm³/mol. The van der Waals surface area contributed by atoms with E-state index in [0.717, 1.165) is 17.8 Å². The van der Waals surface area contributed by atoms with Gasteiger partial charge in [0.05, 0.1) is 18.3 Å². The molecule has 0 spiro atoms. The average Bonchev–Trinajstić information content (AvgIpc) is 3.19. The molecule has 1 atom stereocenters. The standard InChI is InChI=1S/C23H28N6O2S/c1-4-19(28(2)3)21-25-27-23(29(21)15-17-11-7-5-8-12-17)32-16-20(30)24-26-22(31)18-13-9-6-10-14-18/h5-14,19H,4,15-16H2,1-3H3,(H,24,30)(H,26,31)/t19-/m1/s1. The third kappa shape index (κ3) is 6.18. The minimum atomic E-state index is -0.366. The Kier molecular flexibility index (Phi) is 8.41. The van der Waals surface area contributed by atoms with Crippen LogP contribution in [0.4, 0.5) is 0 Å². The summed E-state index contributed by atoms with van der Waals surface area (Å²) in [5, 5.41) is 9.47. The van der Waals surface area contributed by atoms with E-state index < -0.39 is 0 Å². The molecule has 0 aliphatic carbocycles. The second-order valence-electron chi connectivity index (χ2n) is 7.46. The van der Waals surface area contributed by atoms with Gasteiger partial charge in [-0.1, -0.05) is 67.2 Å². The molecule has 168 valence electrons. The number of nitrogens with one attached hydrogen (secondary N) is 2. The first kappa shape index (κ1) is 23.5. The molecule has 3 aromatic rings. The zero-order chi connectivity index (χ0) is 22.9. The highest BCUT2D eigenvalue weighted by Crippen LogP contribution is 2.26. The number of amides is 2. The van der Waals surface area contributed by atoms with Crippen molar-refractivity contribution in [3.8, 4) is 0 Å². The Morgan fingerprint density at radius 3 is 2.28 bits per heavy atom. The molecule has 9 heteroatoms. The number of carbonyl (C=O) groups is 2. The molecule has 3 rings (SSSR count). The Morgan fingerprint density at radius 1 is 1.00 bits per heavy atom. The maximum atomic E-state index is 12.3. The number of rotatable bonds is 9. The highest BCUT2D eigenvalue weighted by molar-refractivity contribution is 7.99. The number of thioether (sulfide) groups is 1. The molecule has 0 aliphatic heterocycles. The van der Waals surface area contributed by atoms with Crippen molar-refractivity contribution in [3.05, 3.63) is 77.6 Å². The predicted octanol–water partition coefficient (Wildman–Crippen LogP) is 2.89. The second kappa shape index (κ2) is 11.4. The summed E-state index contributed by atoms with van der Waals surface area (Å²) in [5.41, 5.74) is 6.49. The van der Waals surface area contributed by atoms with Gasteiger partial charge in [-0.05, 0) is 38.2 Å². The molecule has 1 aromatic heterocycles. The van der Waals surface area contributed by atoms with Crippen molar-refractivity contribution in [2.75, 3.05) is 19.8 Å². The van der Waals surface area contributed by atoms with Gasteiger partial charge in [-0.2, -0.15) is 0 Å². The van der Waals surface area contributed by atoms with E-state index in [2.05, 4.69) is 49.6 Å². The number of hydrogen-bond donors (Lipinski definition) is 2. The van der Waals surface area contributed by atoms with Crippen molar-refractivity contribution < 1.29 is 9.59 Å². The van der Waals surface area contributed by atoms with Crippen LogP contribution in [0.5, 0.6) is 0 Å². The molecular weight excluding hydrogens is 424 g/mol. The molecule has 32 heavy (non-hydrogen) atoms. The lowest BCUT2D eigenvalue weighted by atomic mass is 10.2. The molecule has 0 bridgehead atoms. The summed E-state index contributed by atoms with van der Waals surface area (Å²) in [6.45, 7) is 2.73. The van der Waals surface area contributed by atoms with Crippen LogP contribution in [0, 0.1) is 0 Å². The summed E-state index contributed by atoms with van der Waals surface area (Å²) in [4.78, 5) is 26.5. The van der Waals surface area contributed by atoms with E-state index in [1.54, 1.807) is 24.3 Å². The zero-order valence-corrected chi connectivity index (χ0v) is 19.3. The molecule has 0 unspecified atom stereocenters. The molecule has 2 aromatic carbocycles. The van der Waals surface area contributed by atoms with Crippen molar-refractivity contribution in [3.63, 3.8) is 0 Å². The molecule has 0 saturated heterocycles. The topological polar surface area (TPSA) is 92.1 Å². The van der Waals surface area contributed by atoms with E-state index in [0.29, 0.717) is 17.3 Å². The van der Waals surface area contributed by atoms with Gasteiger partial charge in [-0.25, -0.2) is 0 Å². The summed E-state index contributed by atoms with van der Waals surface area (Å²) >= 11 is 1.29.